The summed E-state index contributed by atoms with van der Waals surface area (Å²) in [6.07, 6.45) is 6.52. The largest absolute Gasteiger partial charge is 0.359 e. The number of anilines is 1. The maximum atomic E-state index is 13.8. The quantitative estimate of drug-likeness (QED) is 0.578. The first-order valence-electron chi connectivity index (χ1n) is 11.4. The zero-order chi connectivity index (χ0) is 24.0. The third kappa shape index (κ3) is 4.04. The van der Waals surface area contributed by atoms with Crippen molar-refractivity contribution in [3.63, 3.8) is 0 Å². The molecule has 3 heterocycles. The summed E-state index contributed by atoms with van der Waals surface area (Å²) in [6, 6.07) is 5.27. The third-order valence-corrected chi connectivity index (χ3v) is 6.67. The Morgan fingerprint density at radius 3 is 2.59 bits per heavy atom. The highest BCUT2D eigenvalue weighted by atomic mass is 19.2. The van der Waals surface area contributed by atoms with Crippen molar-refractivity contribution < 1.29 is 13.6 Å². The second-order valence-electron chi connectivity index (χ2n) is 9.58. The van der Waals surface area contributed by atoms with Gasteiger partial charge in [-0.3, -0.25) is 9.78 Å². The number of nitrogens with zero attached hydrogens (tertiary/aromatic N) is 5. The minimum absolute atomic E-state index is 0.0865. The number of nitrogens with one attached hydrogen (secondary N) is 1. The summed E-state index contributed by atoms with van der Waals surface area (Å²) in [6.45, 7) is 2.02. The molecule has 0 bridgehead atoms. The fourth-order valence-electron chi connectivity index (χ4n) is 5.09. The Morgan fingerprint density at radius 1 is 1.12 bits per heavy atom. The lowest BCUT2D eigenvalue weighted by Gasteiger charge is -2.37. The molecule has 5 rings (SSSR count). The van der Waals surface area contributed by atoms with Gasteiger partial charge in [0.1, 0.15) is 0 Å². The number of carbonyl (C=O) groups excluding carboxylic acids is 1. The van der Waals surface area contributed by atoms with E-state index in [1.807, 2.05) is 38.0 Å². The normalized spacial score (nSPS) is 16.3. The Labute approximate surface area is 197 Å². The molecule has 1 aliphatic carbocycles. The summed E-state index contributed by atoms with van der Waals surface area (Å²) in [5, 5.41) is 3.08. The maximum Gasteiger partial charge on any atom is 0.254 e. The average molecular weight is 467 g/mol. The van der Waals surface area contributed by atoms with Gasteiger partial charge in [-0.25, -0.2) is 13.8 Å². The summed E-state index contributed by atoms with van der Waals surface area (Å²) < 4.78 is 29.1. The number of benzene rings is 1. The van der Waals surface area contributed by atoms with Crippen molar-refractivity contribution in [1.29, 1.82) is 0 Å². The molecule has 2 aliphatic rings. The van der Waals surface area contributed by atoms with Crippen LogP contribution in [0.4, 0.5) is 14.7 Å². The number of hydrogen-bond acceptors (Lipinski definition) is 5. The van der Waals surface area contributed by atoms with Crippen LogP contribution in [0.25, 0.3) is 0 Å². The van der Waals surface area contributed by atoms with E-state index in [2.05, 4.69) is 26.3 Å². The van der Waals surface area contributed by atoms with Crippen molar-refractivity contribution in [3.8, 4) is 0 Å². The first-order valence-corrected chi connectivity index (χ1v) is 11.4. The van der Waals surface area contributed by atoms with Gasteiger partial charge in [-0.2, -0.15) is 0 Å². The molecule has 9 heteroatoms. The summed E-state index contributed by atoms with van der Waals surface area (Å²) in [4.78, 5) is 25.9. The van der Waals surface area contributed by atoms with Crippen molar-refractivity contribution in [2.75, 3.05) is 33.0 Å². The second-order valence-corrected chi connectivity index (χ2v) is 9.58. The molecule has 0 atom stereocenters. The molecular formula is C25H28F2N6O. The highest BCUT2D eigenvalue weighted by Crippen LogP contribution is 2.54. The van der Waals surface area contributed by atoms with E-state index in [4.69, 9.17) is 0 Å². The molecule has 0 saturated heterocycles. The fraction of sp³-hybridized carbons (Fsp3) is 0.400. The van der Waals surface area contributed by atoms with E-state index in [9.17, 15) is 13.6 Å². The molecule has 1 fully saturated rings. The van der Waals surface area contributed by atoms with Crippen LogP contribution in [0.2, 0.25) is 0 Å². The molecule has 1 amide bonds. The van der Waals surface area contributed by atoms with Crippen LogP contribution < -0.4 is 5.32 Å². The SMILES string of the molecule is CNc1nccn1Cc1cc(CN(C)C)c2c(c1)C(=O)N(Cc1cc(F)c(F)cn1)CC21CC1. The van der Waals surface area contributed by atoms with Gasteiger partial charge in [0.05, 0.1) is 25.0 Å². The summed E-state index contributed by atoms with van der Waals surface area (Å²) in [7, 11) is 5.88. The molecule has 3 aromatic rings. The zero-order valence-corrected chi connectivity index (χ0v) is 19.6. The predicted octanol–water partition coefficient (Wildman–Crippen LogP) is 3.40. The molecule has 1 aromatic carbocycles. The number of fused-ring (bicyclic) bond motifs is 2. The van der Waals surface area contributed by atoms with Crippen LogP contribution >= 0.6 is 0 Å². The molecule has 0 radical (unpaired) electrons. The van der Waals surface area contributed by atoms with E-state index >= 15 is 0 Å². The lowest BCUT2D eigenvalue weighted by Crippen LogP contribution is -2.44. The van der Waals surface area contributed by atoms with Crippen molar-refractivity contribution >= 4 is 11.9 Å². The topological polar surface area (TPSA) is 66.3 Å². The van der Waals surface area contributed by atoms with Gasteiger partial charge in [0.25, 0.3) is 5.91 Å². The van der Waals surface area contributed by atoms with Crippen LogP contribution in [0.1, 0.15) is 45.6 Å². The Bertz CT molecular complexity index is 1250. The molecule has 1 N–H and O–H groups in total. The zero-order valence-electron chi connectivity index (χ0n) is 19.6. The van der Waals surface area contributed by atoms with E-state index in [0.717, 1.165) is 48.7 Å². The number of carbonyl (C=O) groups is 1. The van der Waals surface area contributed by atoms with Gasteiger partial charge in [-0.1, -0.05) is 6.07 Å². The molecule has 34 heavy (non-hydrogen) atoms. The molecule has 0 unspecified atom stereocenters. The number of pyridine rings is 1. The average Bonchev–Trinajstić information content (AvgIpc) is 3.41. The fourth-order valence-corrected chi connectivity index (χ4v) is 5.09. The van der Waals surface area contributed by atoms with Crippen LogP contribution in [0.15, 0.2) is 36.8 Å². The summed E-state index contributed by atoms with van der Waals surface area (Å²) in [5.74, 6) is -1.29. The minimum atomic E-state index is -0.990. The summed E-state index contributed by atoms with van der Waals surface area (Å²) in [5.41, 5.74) is 4.28. The van der Waals surface area contributed by atoms with Crippen LogP contribution in [0, 0.1) is 11.6 Å². The Balaban J connectivity index is 1.54. The van der Waals surface area contributed by atoms with Gasteiger partial charge in [0, 0.05) is 49.6 Å². The molecule has 1 saturated carbocycles. The van der Waals surface area contributed by atoms with Crippen LogP contribution in [0.5, 0.6) is 0 Å². The molecule has 2 aromatic heterocycles. The van der Waals surface area contributed by atoms with Crippen LogP contribution in [-0.4, -0.2) is 57.9 Å². The van der Waals surface area contributed by atoms with Crippen molar-refractivity contribution in [3.05, 3.63) is 76.4 Å². The van der Waals surface area contributed by atoms with E-state index < -0.39 is 11.6 Å². The molecule has 178 valence electrons. The van der Waals surface area contributed by atoms with Crippen LogP contribution in [-0.2, 0) is 25.0 Å². The number of hydrogen-bond donors (Lipinski definition) is 1. The number of imidazole rings is 1. The highest BCUT2D eigenvalue weighted by Gasteiger charge is 2.52. The summed E-state index contributed by atoms with van der Waals surface area (Å²) >= 11 is 0. The lowest BCUT2D eigenvalue weighted by atomic mass is 9.81. The maximum absolute atomic E-state index is 13.8. The Kier molecular flexibility index (Phi) is 5.59. The number of rotatable bonds is 7. The second kappa shape index (κ2) is 8.47. The van der Waals surface area contributed by atoms with Gasteiger partial charge in [-0.05, 0) is 49.7 Å². The predicted molar refractivity (Wildman–Crippen MR) is 125 cm³/mol. The van der Waals surface area contributed by atoms with E-state index in [1.54, 1.807) is 11.1 Å². The van der Waals surface area contributed by atoms with Gasteiger partial charge in [-0.15, -0.1) is 0 Å². The Morgan fingerprint density at radius 2 is 1.91 bits per heavy atom. The smallest absolute Gasteiger partial charge is 0.254 e. The number of amides is 1. The Hall–Kier alpha value is -3.33. The first-order chi connectivity index (χ1) is 16.3. The minimum Gasteiger partial charge on any atom is -0.359 e. The number of aromatic nitrogens is 3. The van der Waals surface area contributed by atoms with Gasteiger partial charge >= 0.3 is 0 Å². The van der Waals surface area contributed by atoms with Crippen molar-refractivity contribution in [1.82, 2.24) is 24.3 Å². The monoisotopic (exact) mass is 466 g/mol. The number of halogens is 2. The van der Waals surface area contributed by atoms with Gasteiger partial charge < -0.3 is 19.7 Å². The van der Waals surface area contributed by atoms with E-state index in [-0.39, 0.29) is 17.9 Å². The van der Waals surface area contributed by atoms with Gasteiger partial charge in [0.2, 0.25) is 5.95 Å². The van der Waals surface area contributed by atoms with E-state index in [0.29, 0.717) is 24.3 Å². The first kappa shape index (κ1) is 22.5. The standard InChI is InChI=1S/C25H28F2N6O/c1-28-24-29-6-7-32(24)12-16-8-17(13-31(2)3)22-19(9-16)23(34)33(15-25(22)4-5-25)14-18-10-20(26)21(27)11-30-18/h6-11H,4-5,12-15H2,1-3H3,(H,28,29). The third-order valence-electron chi connectivity index (χ3n) is 6.67. The van der Waals surface area contributed by atoms with E-state index in [1.165, 1.54) is 5.56 Å². The van der Waals surface area contributed by atoms with Gasteiger partial charge in [0.15, 0.2) is 11.6 Å². The van der Waals surface area contributed by atoms with Crippen LogP contribution in [0.3, 0.4) is 0 Å². The molecular weight excluding hydrogens is 438 g/mol. The molecule has 1 aliphatic heterocycles. The van der Waals surface area contributed by atoms with Crippen molar-refractivity contribution in [2.24, 2.45) is 0 Å². The van der Waals surface area contributed by atoms with Crippen molar-refractivity contribution in [2.45, 2.75) is 37.9 Å². The highest BCUT2D eigenvalue weighted by molar-refractivity contribution is 5.98. The lowest BCUT2D eigenvalue weighted by molar-refractivity contribution is 0.0694. The molecule has 1 spiro atoms. The molecule has 7 nitrogen and oxygen atoms in total.